The summed E-state index contributed by atoms with van der Waals surface area (Å²) >= 11 is 0. The van der Waals surface area contributed by atoms with Crippen molar-refractivity contribution < 1.29 is 14.0 Å². The number of anilines is 2. The molecule has 1 heterocycles. The summed E-state index contributed by atoms with van der Waals surface area (Å²) in [7, 11) is 0. The quantitative estimate of drug-likeness (QED) is 0.783. The highest BCUT2D eigenvalue weighted by atomic mass is 19.1. The van der Waals surface area contributed by atoms with Crippen LogP contribution in [0.5, 0.6) is 0 Å². The van der Waals surface area contributed by atoms with Gasteiger partial charge in [-0.25, -0.2) is 4.39 Å². The van der Waals surface area contributed by atoms with E-state index >= 15 is 0 Å². The molecule has 0 spiro atoms. The zero-order chi connectivity index (χ0) is 21.0. The molecule has 1 fully saturated rings. The predicted molar refractivity (Wildman–Crippen MR) is 113 cm³/mol. The van der Waals surface area contributed by atoms with Crippen LogP contribution in [0.2, 0.25) is 0 Å². The number of hydrogen-bond acceptors (Lipinski definition) is 3. The van der Waals surface area contributed by atoms with Gasteiger partial charge in [-0.15, -0.1) is 0 Å². The van der Waals surface area contributed by atoms with Crippen LogP contribution in [0, 0.1) is 11.2 Å². The van der Waals surface area contributed by atoms with Crippen LogP contribution in [-0.4, -0.2) is 42.9 Å². The maximum atomic E-state index is 14.0. The maximum Gasteiger partial charge on any atom is 0.239 e. The van der Waals surface area contributed by atoms with Gasteiger partial charge in [-0.3, -0.25) is 9.59 Å². The molecule has 0 aromatic heterocycles. The molecule has 0 aliphatic carbocycles. The van der Waals surface area contributed by atoms with Gasteiger partial charge in [-0.05, 0) is 44.0 Å². The number of hydrogen-bond donors (Lipinski definition) is 1. The number of piperazine rings is 1. The topological polar surface area (TPSA) is 52.7 Å². The number of aryl methyl sites for hydroxylation is 1. The van der Waals surface area contributed by atoms with Crippen LogP contribution in [0.25, 0.3) is 0 Å². The van der Waals surface area contributed by atoms with E-state index in [9.17, 15) is 14.0 Å². The number of carbonyl (C=O) groups excluding carboxylic acids is 2. The van der Waals surface area contributed by atoms with E-state index in [4.69, 9.17) is 0 Å². The molecule has 0 saturated carbocycles. The van der Waals surface area contributed by atoms with Gasteiger partial charge in [-0.2, -0.15) is 0 Å². The molecule has 1 aliphatic heterocycles. The van der Waals surface area contributed by atoms with Crippen LogP contribution in [0.4, 0.5) is 15.8 Å². The van der Waals surface area contributed by atoms with Gasteiger partial charge in [0.2, 0.25) is 11.8 Å². The van der Waals surface area contributed by atoms with Crippen molar-refractivity contribution in [2.24, 2.45) is 5.41 Å². The van der Waals surface area contributed by atoms with E-state index in [1.165, 1.54) is 6.07 Å². The summed E-state index contributed by atoms with van der Waals surface area (Å²) < 4.78 is 14.0. The van der Waals surface area contributed by atoms with Crippen molar-refractivity contribution in [3.05, 3.63) is 59.9 Å². The van der Waals surface area contributed by atoms with Crippen molar-refractivity contribution in [1.82, 2.24) is 4.90 Å². The Balaban J connectivity index is 1.65. The third-order valence-corrected chi connectivity index (χ3v) is 5.51. The number of nitrogens with one attached hydrogen (secondary N) is 1. The van der Waals surface area contributed by atoms with Crippen LogP contribution in [0.15, 0.2) is 48.5 Å². The fraction of sp³-hybridized carbons (Fsp3) is 0.391. The largest absolute Gasteiger partial charge is 0.366 e. The standard InChI is InChI=1S/C23H28FN3O2/c1-4-17-9-5-7-11-19(17)25-21(28)23(2,3)22(29)27-15-13-26(14-16-27)20-12-8-6-10-18(20)24/h5-12H,4,13-16H2,1-3H3,(H,25,28). The highest BCUT2D eigenvalue weighted by molar-refractivity contribution is 6.10. The van der Waals surface area contributed by atoms with E-state index in [0.717, 1.165) is 17.7 Å². The molecule has 1 N–H and O–H groups in total. The average molecular weight is 397 g/mol. The second-order valence-electron chi connectivity index (χ2n) is 7.82. The highest BCUT2D eigenvalue weighted by Crippen LogP contribution is 2.26. The fourth-order valence-electron chi connectivity index (χ4n) is 3.58. The number of halogens is 1. The van der Waals surface area contributed by atoms with E-state index in [1.54, 1.807) is 36.9 Å². The molecule has 2 aromatic rings. The first-order valence-corrected chi connectivity index (χ1v) is 10.0. The Labute approximate surface area is 171 Å². The summed E-state index contributed by atoms with van der Waals surface area (Å²) in [4.78, 5) is 29.6. The third-order valence-electron chi connectivity index (χ3n) is 5.51. The zero-order valence-electron chi connectivity index (χ0n) is 17.2. The van der Waals surface area contributed by atoms with Crippen LogP contribution in [-0.2, 0) is 16.0 Å². The molecule has 29 heavy (non-hydrogen) atoms. The molecule has 2 aromatic carbocycles. The zero-order valence-corrected chi connectivity index (χ0v) is 17.2. The Kier molecular flexibility index (Phi) is 6.20. The molecule has 0 atom stereocenters. The number of rotatable bonds is 5. The first kappa shape index (κ1) is 20.8. The first-order chi connectivity index (χ1) is 13.8. The van der Waals surface area contributed by atoms with Gasteiger partial charge in [-0.1, -0.05) is 37.3 Å². The molecule has 2 amide bonds. The van der Waals surface area contributed by atoms with Crippen molar-refractivity contribution >= 4 is 23.2 Å². The molecular weight excluding hydrogens is 369 g/mol. The Morgan fingerprint density at radius 1 is 1.00 bits per heavy atom. The van der Waals surface area contributed by atoms with E-state index in [2.05, 4.69) is 5.32 Å². The highest BCUT2D eigenvalue weighted by Gasteiger charge is 2.40. The van der Waals surface area contributed by atoms with E-state index in [-0.39, 0.29) is 17.6 Å². The lowest BCUT2D eigenvalue weighted by Crippen LogP contribution is -2.54. The van der Waals surface area contributed by atoms with Crippen molar-refractivity contribution in [3.8, 4) is 0 Å². The van der Waals surface area contributed by atoms with Crippen LogP contribution < -0.4 is 10.2 Å². The minimum atomic E-state index is -1.19. The molecule has 1 saturated heterocycles. The normalized spacial score (nSPS) is 14.6. The number of amides is 2. The Hall–Kier alpha value is -2.89. The Morgan fingerprint density at radius 2 is 1.62 bits per heavy atom. The second-order valence-corrected chi connectivity index (χ2v) is 7.82. The number of para-hydroxylation sites is 2. The lowest BCUT2D eigenvalue weighted by atomic mass is 9.89. The summed E-state index contributed by atoms with van der Waals surface area (Å²) in [5.41, 5.74) is 1.13. The summed E-state index contributed by atoms with van der Waals surface area (Å²) in [5, 5.41) is 2.92. The van der Waals surface area contributed by atoms with Crippen molar-refractivity contribution in [1.29, 1.82) is 0 Å². The summed E-state index contributed by atoms with van der Waals surface area (Å²) in [6, 6.07) is 14.3. The summed E-state index contributed by atoms with van der Waals surface area (Å²) in [6.07, 6.45) is 0.794. The molecule has 0 unspecified atom stereocenters. The van der Waals surface area contributed by atoms with Crippen molar-refractivity contribution in [2.75, 3.05) is 36.4 Å². The van der Waals surface area contributed by atoms with E-state index < -0.39 is 5.41 Å². The molecule has 5 nitrogen and oxygen atoms in total. The molecule has 0 bridgehead atoms. The fourth-order valence-corrected chi connectivity index (χ4v) is 3.58. The summed E-state index contributed by atoms with van der Waals surface area (Å²) in [5.74, 6) is -0.793. The molecular formula is C23H28FN3O2. The molecule has 0 radical (unpaired) electrons. The minimum absolute atomic E-state index is 0.211. The Bertz CT molecular complexity index is 889. The van der Waals surface area contributed by atoms with Gasteiger partial charge in [0.1, 0.15) is 11.2 Å². The second kappa shape index (κ2) is 8.64. The van der Waals surface area contributed by atoms with E-state index in [0.29, 0.717) is 31.9 Å². The average Bonchev–Trinajstić information content (AvgIpc) is 2.74. The van der Waals surface area contributed by atoms with Crippen molar-refractivity contribution in [2.45, 2.75) is 27.2 Å². The smallest absolute Gasteiger partial charge is 0.239 e. The van der Waals surface area contributed by atoms with Gasteiger partial charge in [0.25, 0.3) is 0 Å². The monoisotopic (exact) mass is 397 g/mol. The van der Waals surface area contributed by atoms with Gasteiger partial charge in [0.05, 0.1) is 5.69 Å². The maximum absolute atomic E-state index is 14.0. The number of carbonyl (C=O) groups is 2. The first-order valence-electron chi connectivity index (χ1n) is 10.0. The molecule has 6 heteroatoms. The molecule has 3 rings (SSSR count). The van der Waals surface area contributed by atoms with Crippen molar-refractivity contribution in [3.63, 3.8) is 0 Å². The minimum Gasteiger partial charge on any atom is -0.366 e. The number of nitrogens with zero attached hydrogens (tertiary/aromatic N) is 2. The SMILES string of the molecule is CCc1ccccc1NC(=O)C(C)(C)C(=O)N1CCN(c2ccccc2F)CC1. The van der Waals surface area contributed by atoms with Crippen LogP contribution in [0.1, 0.15) is 26.3 Å². The Morgan fingerprint density at radius 3 is 2.28 bits per heavy atom. The third kappa shape index (κ3) is 4.42. The molecule has 154 valence electrons. The summed E-state index contributed by atoms with van der Waals surface area (Å²) in [6.45, 7) is 7.30. The lowest BCUT2D eigenvalue weighted by Gasteiger charge is -2.39. The number of benzene rings is 2. The van der Waals surface area contributed by atoms with Crippen LogP contribution in [0.3, 0.4) is 0 Å². The van der Waals surface area contributed by atoms with Crippen LogP contribution >= 0.6 is 0 Å². The van der Waals surface area contributed by atoms with Gasteiger partial charge < -0.3 is 15.1 Å². The molecule has 1 aliphatic rings. The van der Waals surface area contributed by atoms with Gasteiger partial charge in [0.15, 0.2) is 0 Å². The van der Waals surface area contributed by atoms with E-state index in [1.807, 2.05) is 36.1 Å². The lowest BCUT2D eigenvalue weighted by molar-refractivity contribution is -0.146. The van der Waals surface area contributed by atoms with Gasteiger partial charge >= 0.3 is 0 Å². The predicted octanol–water partition coefficient (Wildman–Crippen LogP) is 3.70. The van der Waals surface area contributed by atoms with Gasteiger partial charge in [0, 0.05) is 31.9 Å².